The van der Waals surface area contributed by atoms with Crippen LogP contribution < -0.4 is 15.0 Å². The number of amides is 1. The second-order valence-corrected chi connectivity index (χ2v) is 8.54. The zero-order chi connectivity index (χ0) is 22.2. The van der Waals surface area contributed by atoms with Crippen molar-refractivity contribution < 1.29 is 14.3 Å². The van der Waals surface area contributed by atoms with Crippen molar-refractivity contribution in [2.45, 2.75) is 45.5 Å². The molecule has 1 N–H and O–H groups in total. The molecule has 0 spiro atoms. The number of nitrogens with zero attached hydrogens (tertiary/aromatic N) is 2. The number of rotatable bonds is 5. The van der Waals surface area contributed by atoms with Gasteiger partial charge in [-0.05, 0) is 69.2 Å². The standard InChI is InChI=1S/C26H29N3O3/c1-17-15-23(18(2)28(17)16-21-7-6-14-32-21)25-27-24-9-5-4-8-22(24)26(30)29(25)19-10-12-20(31-3)13-11-19/h4-5,8-13,15,21,25,27H,6-7,14,16H2,1-3H3/t21-,25+/m1/s1. The van der Waals surface area contributed by atoms with Crippen LogP contribution in [0.4, 0.5) is 11.4 Å². The van der Waals surface area contributed by atoms with Gasteiger partial charge in [-0.25, -0.2) is 0 Å². The Balaban J connectivity index is 1.57. The monoisotopic (exact) mass is 431 g/mol. The van der Waals surface area contributed by atoms with E-state index in [1.807, 2.05) is 53.4 Å². The topological polar surface area (TPSA) is 55.7 Å². The van der Waals surface area contributed by atoms with Gasteiger partial charge in [0.2, 0.25) is 0 Å². The third-order valence-electron chi connectivity index (χ3n) is 6.59. The summed E-state index contributed by atoms with van der Waals surface area (Å²) in [6.07, 6.45) is 2.16. The maximum absolute atomic E-state index is 13.7. The molecule has 3 aromatic rings. The number of carbonyl (C=O) groups is 1. The summed E-state index contributed by atoms with van der Waals surface area (Å²) in [7, 11) is 1.64. The summed E-state index contributed by atoms with van der Waals surface area (Å²) in [6, 6.07) is 17.5. The molecule has 6 nitrogen and oxygen atoms in total. The first-order valence-electron chi connectivity index (χ1n) is 11.2. The van der Waals surface area contributed by atoms with Crippen LogP contribution in [-0.2, 0) is 11.3 Å². The second-order valence-electron chi connectivity index (χ2n) is 8.54. The molecule has 0 saturated carbocycles. The number of aryl methyl sites for hydroxylation is 1. The summed E-state index contributed by atoms with van der Waals surface area (Å²) in [6.45, 7) is 5.95. The number of anilines is 2. The fraction of sp³-hybridized carbons (Fsp3) is 0.346. The van der Waals surface area contributed by atoms with Crippen LogP contribution in [0.25, 0.3) is 0 Å². The normalized spacial score (nSPS) is 20.2. The number of aromatic nitrogens is 1. The van der Waals surface area contributed by atoms with E-state index < -0.39 is 0 Å². The summed E-state index contributed by atoms with van der Waals surface area (Å²) in [5, 5.41) is 3.63. The SMILES string of the molecule is COc1ccc(N2C(=O)c3ccccc3N[C@@H]2c2cc(C)n(C[C@H]3CCCO3)c2C)cc1. The summed E-state index contributed by atoms with van der Waals surface area (Å²) in [5.74, 6) is 0.747. The molecule has 0 unspecified atom stereocenters. The smallest absolute Gasteiger partial charge is 0.262 e. The maximum atomic E-state index is 13.7. The molecule has 1 fully saturated rings. The van der Waals surface area contributed by atoms with E-state index in [0.29, 0.717) is 5.56 Å². The highest BCUT2D eigenvalue weighted by Gasteiger charge is 2.36. The molecule has 2 aromatic carbocycles. The molecule has 5 rings (SSSR count). The van der Waals surface area contributed by atoms with E-state index >= 15 is 0 Å². The van der Waals surface area contributed by atoms with Crippen molar-refractivity contribution >= 4 is 17.3 Å². The molecular formula is C26H29N3O3. The average molecular weight is 432 g/mol. The number of ether oxygens (including phenoxy) is 2. The number of hydrogen-bond acceptors (Lipinski definition) is 4. The molecule has 3 heterocycles. The lowest BCUT2D eigenvalue weighted by Crippen LogP contribution is -2.43. The number of hydrogen-bond donors (Lipinski definition) is 1. The summed E-state index contributed by atoms with van der Waals surface area (Å²) < 4.78 is 13.5. The van der Waals surface area contributed by atoms with Crippen molar-refractivity contribution in [3.63, 3.8) is 0 Å². The average Bonchev–Trinajstić information content (AvgIpc) is 3.43. The van der Waals surface area contributed by atoms with Crippen molar-refractivity contribution in [3.8, 4) is 5.75 Å². The van der Waals surface area contributed by atoms with Crippen LogP contribution in [0.2, 0.25) is 0 Å². The summed E-state index contributed by atoms with van der Waals surface area (Å²) in [4.78, 5) is 15.5. The van der Waals surface area contributed by atoms with Crippen LogP contribution in [0.3, 0.4) is 0 Å². The Labute approximate surface area is 188 Å². The van der Waals surface area contributed by atoms with E-state index in [9.17, 15) is 4.79 Å². The molecule has 0 radical (unpaired) electrons. The number of fused-ring (bicyclic) bond motifs is 1. The number of methoxy groups -OCH3 is 1. The molecule has 1 saturated heterocycles. The minimum atomic E-state index is -0.310. The summed E-state index contributed by atoms with van der Waals surface area (Å²) in [5.41, 5.74) is 5.78. The first-order chi connectivity index (χ1) is 15.6. The van der Waals surface area contributed by atoms with Gasteiger partial charge < -0.3 is 19.4 Å². The molecule has 166 valence electrons. The number of para-hydroxylation sites is 1. The van der Waals surface area contributed by atoms with Gasteiger partial charge in [0.05, 0.1) is 18.8 Å². The first-order valence-corrected chi connectivity index (χ1v) is 11.2. The van der Waals surface area contributed by atoms with E-state index in [4.69, 9.17) is 9.47 Å². The van der Waals surface area contributed by atoms with Crippen LogP contribution in [0.5, 0.6) is 5.75 Å². The zero-order valence-electron chi connectivity index (χ0n) is 18.8. The fourth-order valence-corrected chi connectivity index (χ4v) is 4.86. The van der Waals surface area contributed by atoms with Crippen LogP contribution in [0, 0.1) is 13.8 Å². The van der Waals surface area contributed by atoms with Gasteiger partial charge in [-0.1, -0.05) is 12.1 Å². The highest BCUT2D eigenvalue weighted by molar-refractivity contribution is 6.12. The van der Waals surface area contributed by atoms with Gasteiger partial charge in [0.15, 0.2) is 0 Å². The second kappa shape index (κ2) is 8.36. The van der Waals surface area contributed by atoms with Crippen LogP contribution in [0.1, 0.15) is 46.3 Å². The Kier molecular flexibility index (Phi) is 5.39. The van der Waals surface area contributed by atoms with Gasteiger partial charge >= 0.3 is 0 Å². The molecule has 2 aliphatic heterocycles. The Morgan fingerprint density at radius 1 is 1.12 bits per heavy atom. The largest absolute Gasteiger partial charge is 0.497 e. The fourth-order valence-electron chi connectivity index (χ4n) is 4.86. The Hall–Kier alpha value is -3.25. The van der Waals surface area contributed by atoms with E-state index in [2.05, 4.69) is 29.8 Å². The third-order valence-corrected chi connectivity index (χ3v) is 6.59. The quantitative estimate of drug-likeness (QED) is 0.613. The zero-order valence-corrected chi connectivity index (χ0v) is 18.8. The molecule has 1 aromatic heterocycles. The lowest BCUT2D eigenvalue weighted by atomic mass is 10.0. The first kappa shape index (κ1) is 20.6. The molecule has 6 heteroatoms. The molecule has 2 atom stereocenters. The predicted octanol–water partition coefficient (Wildman–Crippen LogP) is 5.06. The Morgan fingerprint density at radius 2 is 1.91 bits per heavy atom. The van der Waals surface area contributed by atoms with E-state index in [-0.39, 0.29) is 18.2 Å². The van der Waals surface area contributed by atoms with E-state index in [1.54, 1.807) is 7.11 Å². The lowest BCUT2D eigenvalue weighted by molar-refractivity contribution is 0.0958. The van der Waals surface area contributed by atoms with Gasteiger partial charge in [0.1, 0.15) is 11.9 Å². The number of carbonyl (C=O) groups excluding carboxylic acids is 1. The van der Waals surface area contributed by atoms with Crippen molar-refractivity contribution in [2.24, 2.45) is 0 Å². The van der Waals surface area contributed by atoms with Crippen LogP contribution >= 0.6 is 0 Å². The number of nitrogens with one attached hydrogen (secondary N) is 1. The Bertz CT molecular complexity index is 1130. The van der Waals surface area contributed by atoms with Crippen LogP contribution in [-0.4, -0.2) is 30.3 Å². The molecule has 0 aliphatic carbocycles. The van der Waals surface area contributed by atoms with Crippen molar-refractivity contribution in [1.82, 2.24) is 4.57 Å². The number of benzene rings is 2. The lowest BCUT2D eigenvalue weighted by Gasteiger charge is -2.38. The summed E-state index contributed by atoms with van der Waals surface area (Å²) >= 11 is 0. The van der Waals surface area contributed by atoms with Crippen molar-refractivity contribution in [2.75, 3.05) is 23.9 Å². The molecule has 0 bridgehead atoms. The van der Waals surface area contributed by atoms with Gasteiger partial charge in [-0.15, -0.1) is 0 Å². The minimum Gasteiger partial charge on any atom is -0.497 e. The highest BCUT2D eigenvalue weighted by Crippen LogP contribution is 2.39. The predicted molar refractivity (Wildman–Crippen MR) is 125 cm³/mol. The van der Waals surface area contributed by atoms with Crippen molar-refractivity contribution in [1.29, 1.82) is 0 Å². The van der Waals surface area contributed by atoms with E-state index in [0.717, 1.165) is 54.4 Å². The van der Waals surface area contributed by atoms with Gasteiger partial charge in [0, 0.05) is 41.5 Å². The highest BCUT2D eigenvalue weighted by atomic mass is 16.5. The maximum Gasteiger partial charge on any atom is 0.262 e. The molecule has 32 heavy (non-hydrogen) atoms. The van der Waals surface area contributed by atoms with Crippen LogP contribution in [0.15, 0.2) is 54.6 Å². The molecular weight excluding hydrogens is 402 g/mol. The Morgan fingerprint density at radius 3 is 2.62 bits per heavy atom. The van der Waals surface area contributed by atoms with E-state index in [1.165, 1.54) is 5.69 Å². The van der Waals surface area contributed by atoms with Gasteiger partial charge in [0.25, 0.3) is 5.91 Å². The molecule has 2 aliphatic rings. The third kappa shape index (κ3) is 3.54. The van der Waals surface area contributed by atoms with Gasteiger partial charge in [-0.3, -0.25) is 9.69 Å². The van der Waals surface area contributed by atoms with Gasteiger partial charge in [-0.2, -0.15) is 0 Å². The minimum absolute atomic E-state index is 0.0153. The molecule has 1 amide bonds. The van der Waals surface area contributed by atoms with Crippen molar-refractivity contribution in [3.05, 3.63) is 77.1 Å².